The lowest BCUT2D eigenvalue weighted by atomic mass is 9.87. The number of para-hydroxylation sites is 1. The summed E-state index contributed by atoms with van der Waals surface area (Å²) in [6.45, 7) is 0.605. The molecule has 0 radical (unpaired) electrons. The van der Waals surface area contributed by atoms with Crippen molar-refractivity contribution >= 4 is 16.8 Å². The summed E-state index contributed by atoms with van der Waals surface area (Å²) in [5.74, 6) is -0.728. The van der Waals surface area contributed by atoms with Crippen LogP contribution in [0.5, 0.6) is 0 Å². The highest BCUT2D eigenvalue weighted by molar-refractivity contribution is 5.86. The van der Waals surface area contributed by atoms with E-state index in [2.05, 4.69) is 5.32 Å². The predicted octanol–water partition coefficient (Wildman–Crippen LogP) is 7.28. The molecule has 3 aromatic carbocycles. The summed E-state index contributed by atoms with van der Waals surface area (Å²) in [7, 11) is 0. The normalized spacial score (nSPS) is 12.5. The maximum Gasteiger partial charge on any atom is 0.416 e. The maximum atomic E-state index is 13.6. The van der Waals surface area contributed by atoms with Crippen LogP contribution >= 0.6 is 0 Å². The van der Waals surface area contributed by atoms with Crippen molar-refractivity contribution in [2.24, 2.45) is 0 Å². The molecule has 8 heteroatoms. The standard InChI is InChI=1S/C30H24F4N2O2/c31-23-12-10-20(11-13-23)18-36-19-27(25-8-1-2-9-28(25)36)26(16-29(37)35-17-24-7-4-14-38-24)21-5-3-6-22(15-21)30(32,33)34/h1-15,19,26H,16-18H2,(H,35,37). The summed E-state index contributed by atoms with van der Waals surface area (Å²) >= 11 is 0. The Morgan fingerprint density at radius 3 is 2.47 bits per heavy atom. The zero-order chi connectivity index (χ0) is 26.7. The second-order valence-corrected chi connectivity index (χ2v) is 9.09. The van der Waals surface area contributed by atoms with E-state index in [1.54, 1.807) is 30.3 Å². The van der Waals surface area contributed by atoms with Gasteiger partial charge < -0.3 is 14.3 Å². The lowest BCUT2D eigenvalue weighted by molar-refractivity contribution is -0.137. The number of hydrogen-bond donors (Lipinski definition) is 1. The van der Waals surface area contributed by atoms with Gasteiger partial charge in [-0.25, -0.2) is 4.39 Å². The number of aromatic nitrogens is 1. The van der Waals surface area contributed by atoms with Gasteiger partial charge in [0.25, 0.3) is 0 Å². The second-order valence-electron chi connectivity index (χ2n) is 9.09. The number of nitrogens with zero attached hydrogens (tertiary/aromatic N) is 1. The molecule has 0 aliphatic rings. The van der Waals surface area contributed by atoms with E-state index in [4.69, 9.17) is 4.42 Å². The Balaban J connectivity index is 1.54. The molecule has 0 aliphatic carbocycles. The molecule has 0 fully saturated rings. The SMILES string of the molecule is O=C(CC(c1cccc(C(F)(F)F)c1)c1cn(Cc2ccc(F)cc2)c2ccccc12)NCc1ccco1. The van der Waals surface area contributed by atoms with Crippen molar-refractivity contribution in [2.75, 3.05) is 0 Å². The van der Waals surface area contributed by atoms with Gasteiger partial charge in [-0.15, -0.1) is 0 Å². The van der Waals surface area contributed by atoms with Gasteiger partial charge in [0.15, 0.2) is 0 Å². The summed E-state index contributed by atoms with van der Waals surface area (Å²) in [6, 6.07) is 22.3. The number of halogens is 4. The average molecular weight is 521 g/mol. The molecular weight excluding hydrogens is 496 g/mol. The zero-order valence-electron chi connectivity index (χ0n) is 20.2. The van der Waals surface area contributed by atoms with Crippen LogP contribution in [0.15, 0.2) is 102 Å². The van der Waals surface area contributed by atoms with Gasteiger partial charge in [-0.05, 0) is 53.1 Å². The Morgan fingerprint density at radius 2 is 1.74 bits per heavy atom. The molecule has 1 amide bonds. The summed E-state index contributed by atoms with van der Waals surface area (Å²) < 4.78 is 61.4. The van der Waals surface area contributed by atoms with Crippen LogP contribution in [0.4, 0.5) is 17.6 Å². The van der Waals surface area contributed by atoms with Gasteiger partial charge >= 0.3 is 6.18 Å². The minimum absolute atomic E-state index is 0.0629. The minimum atomic E-state index is -4.52. The smallest absolute Gasteiger partial charge is 0.416 e. The fraction of sp³-hybridized carbons (Fsp3) is 0.167. The van der Waals surface area contributed by atoms with Gasteiger partial charge in [-0.3, -0.25) is 4.79 Å². The molecule has 4 nitrogen and oxygen atoms in total. The number of carbonyl (C=O) groups is 1. The van der Waals surface area contributed by atoms with Crippen LogP contribution in [0.25, 0.3) is 10.9 Å². The van der Waals surface area contributed by atoms with E-state index < -0.39 is 17.7 Å². The summed E-state index contributed by atoms with van der Waals surface area (Å²) in [5.41, 5.74) is 2.07. The molecule has 1 atom stereocenters. The van der Waals surface area contributed by atoms with Crippen molar-refractivity contribution in [3.63, 3.8) is 0 Å². The van der Waals surface area contributed by atoms with E-state index in [0.717, 1.165) is 34.2 Å². The first-order chi connectivity index (χ1) is 18.3. The molecule has 1 unspecified atom stereocenters. The van der Waals surface area contributed by atoms with Crippen LogP contribution in [-0.4, -0.2) is 10.5 Å². The first-order valence-corrected chi connectivity index (χ1v) is 12.1. The third-order valence-corrected chi connectivity index (χ3v) is 6.51. The van der Waals surface area contributed by atoms with E-state index >= 15 is 0 Å². The number of amides is 1. The van der Waals surface area contributed by atoms with Gasteiger partial charge in [0.1, 0.15) is 11.6 Å². The third kappa shape index (κ3) is 5.64. The topological polar surface area (TPSA) is 47.2 Å². The Hall–Kier alpha value is -4.33. The number of furan rings is 1. The monoisotopic (exact) mass is 520 g/mol. The first kappa shape index (κ1) is 25.3. The van der Waals surface area contributed by atoms with Crippen LogP contribution in [0.3, 0.4) is 0 Å². The van der Waals surface area contributed by atoms with Gasteiger partial charge in [-0.2, -0.15) is 13.2 Å². The largest absolute Gasteiger partial charge is 0.467 e. The number of carbonyl (C=O) groups excluding carboxylic acids is 1. The highest BCUT2D eigenvalue weighted by Crippen LogP contribution is 2.38. The molecule has 0 spiro atoms. The predicted molar refractivity (Wildman–Crippen MR) is 136 cm³/mol. The van der Waals surface area contributed by atoms with E-state index in [0.29, 0.717) is 17.9 Å². The van der Waals surface area contributed by atoms with Crippen LogP contribution in [-0.2, 0) is 24.1 Å². The highest BCUT2D eigenvalue weighted by Gasteiger charge is 2.32. The van der Waals surface area contributed by atoms with Crippen molar-refractivity contribution in [1.29, 1.82) is 0 Å². The number of benzene rings is 3. The molecule has 0 saturated heterocycles. The lowest BCUT2D eigenvalue weighted by Crippen LogP contribution is -2.25. The van der Waals surface area contributed by atoms with E-state index in [1.807, 2.05) is 35.0 Å². The molecule has 38 heavy (non-hydrogen) atoms. The number of alkyl halides is 3. The van der Waals surface area contributed by atoms with Gasteiger partial charge in [0.05, 0.1) is 18.4 Å². The van der Waals surface area contributed by atoms with Crippen molar-refractivity contribution < 1.29 is 26.8 Å². The average Bonchev–Trinajstić information content (AvgIpc) is 3.55. The molecule has 0 bridgehead atoms. The molecule has 5 aromatic rings. The molecule has 5 rings (SSSR count). The fourth-order valence-electron chi connectivity index (χ4n) is 4.67. The van der Waals surface area contributed by atoms with Crippen molar-refractivity contribution in [1.82, 2.24) is 9.88 Å². The third-order valence-electron chi connectivity index (χ3n) is 6.51. The highest BCUT2D eigenvalue weighted by atomic mass is 19.4. The van der Waals surface area contributed by atoms with Gasteiger partial charge in [0, 0.05) is 36.0 Å². The molecular formula is C30H24F4N2O2. The summed E-state index contributed by atoms with van der Waals surface area (Å²) in [6.07, 6.45) is -1.20. The number of nitrogens with one attached hydrogen (secondary N) is 1. The number of hydrogen-bond acceptors (Lipinski definition) is 2. The number of rotatable bonds is 8. The number of fused-ring (bicyclic) bond motifs is 1. The molecule has 0 saturated carbocycles. The van der Waals surface area contributed by atoms with E-state index in [9.17, 15) is 22.4 Å². The van der Waals surface area contributed by atoms with E-state index in [1.165, 1.54) is 24.5 Å². The molecule has 194 valence electrons. The zero-order valence-corrected chi connectivity index (χ0v) is 20.2. The van der Waals surface area contributed by atoms with E-state index in [-0.39, 0.29) is 24.7 Å². The molecule has 2 heterocycles. The quantitative estimate of drug-likeness (QED) is 0.219. The Labute approximate surface area is 216 Å². The van der Waals surface area contributed by atoms with Crippen LogP contribution in [0.1, 0.15) is 40.4 Å². The second kappa shape index (κ2) is 10.6. The van der Waals surface area contributed by atoms with Crippen molar-refractivity contribution in [2.45, 2.75) is 31.6 Å². The molecule has 1 N–H and O–H groups in total. The van der Waals surface area contributed by atoms with Gasteiger partial charge in [0.2, 0.25) is 5.91 Å². The molecule has 0 aliphatic heterocycles. The Kier molecular flexibility index (Phi) is 7.05. The summed E-state index contributed by atoms with van der Waals surface area (Å²) in [4.78, 5) is 13.0. The Morgan fingerprint density at radius 1 is 0.947 bits per heavy atom. The van der Waals surface area contributed by atoms with Crippen molar-refractivity contribution in [3.8, 4) is 0 Å². The van der Waals surface area contributed by atoms with Crippen LogP contribution < -0.4 is 5.32 Å². The fourth-order valence-corrected chi connectivity index (χ4v) is 4.67. The van der Waals surface area contributed by atoms with Gasteiger partial charge in [-0.1, -0.05) is 48.5 Å². The lowest BCUT2D eigenvalue weighted by Gasteiger charge is -2.19. The van der Waals surface area contributed by atoms with Crippen LogP contribution in [0, 0.1) is 5.82 Å². The maximum absolute atomic E-state index is 13.6. The van der Waals surface area contributed by atoms with Crippen LogP contribution in [0.2, 0.25) is 0 Å². The molecule has 2 aromatic heterocycles. The first-order valence-electron chi connectivity index (χ1n) is 12.1. The van der Waals surface area contributed by atoms with Crippen molar-refractivity contribution in [3.05, 3.63) is 131 Å². The Bertz CT molecular complexity index is 1540. The summed E-state index contributed by atoms with van der Waals surface area (Å²) in [5, 5.41) is 3.63. The minimum Gasteiger partial charge on any atom is -0.467 e.